The third-order valence-electron chi connectivity index (χ3n) is 6.37. The smallest absolute Gasteiger partial charge is 0.251 e. The molecule has 1 aromatic carbocycles. The maximum absolute atomic E-state index is 12.8. The lowest BCUT2D eigenvalue weighted by molar-refractivity contribution is -0.123. The quantitative estimate of drug-likeness (QED) is 0.652. The van der Waals surface area contributed by atoms with E-state index in [1.807, 2.05) is 0 Å². The van der Waals surface area contributed by atoms with Crippen LogP contribution in [0.25, 0.3) is 0 Å². The van der Waals surface area contributed by atoms with Crippen molar-refractivity contribution < 1.29 is 19.1 Å². The van der Waals surface area contributed by atoms with Crippen molar-refractivity contribution in [2.45, 2.75) is 25.4 Å². The van der Waals surface area contributed by atoms with Gasteiger partial charge >= 0.3 is 0 Å². The number of rotatable bonds is 4. The van der Waals surface area contributed by atoms with Crippen molar-refractivity contribution in [3.05, 3.63) is 42.0 Å². The molecule has 1 N–H and O–H groups in total. The predicted molar refractivity (Wildman–Crippen MR) is 98.0 cm³/mol. The Labute approximate surface area is 157 Å². The average Bonchev–Trinajstić information content (AvgIpc) is 3.45. The van der Waals surface area contributed by atoms with Gasteiger partial charge in [0, 0.05) is 18.7 Å². The van der Waals surface area contributed by atoms with Gasteiger partial charge in [0.15, 0.2) is 0 Å². The van der Waals surface area contributed by atoms with Gasteiger partial charge in [-0.15, -0.1) is 0 Å². The molecule has 6 nitrogen and oxygen atoms in total. The normalized spacial score (nSPS) is 33.8. The van der Waals surface area contributed by atoms with Gasteiger partial charge in [0.1, 0.15) is 0 Å². The number of fused-ring (bicyclic) bond motifs is 5. The van der Waals surface area contributed by atoms with Crippen molar-refractivity contribution in [1.29, 1.82) is 0 Å². The standard InChI is InChI=1S/C21H22N2O4/c24-19(22-11-16-2-1-9-27-16)12-5-7-15(8-6-12)23-20(25)17-13-3-4-14(10-13)18(17)21(23)26/h3-8,13-14,16-18H,1-2,9-11H2,(H,22,24)/t13-,14+,16-,17-,18+/m1/s1. The number of allylic oxidation sites excluding steroid dienone is 2. The average molecular weight is 366 g/mol. The van der Waals surface area contributed by atoms with Crippen molar-refractivity contribution in [1.82, 2.24) is 5.32 Å². The van der Waals surface area contributed by atoms with E-state index in [0.717, 1.165) is 25.9 Å². The summed E-state index contributed by atoms with van der Waals surface area (Å²) in [6.07, 6.45) is 7.19. The number of imide groups is 1. The number of amides is 3. The van der Waals surface area contributed by atoms with Crippen LogP contribution in [-0.4, -0.2) is 37.0 Å². The SMILES string of the molecule is O=C(NC[C@H]1CCCO1)c1ccc(N2C(=O)[C@@H]3[C@H](C2=O)[C@@H]2C=C[C@H]3C2)cc1. The minimum absolute atomic E-state index is 0.0939. The van der Waals surface area contributed by atoms with Crippen LogP contribution in [0.2, 0.25) is 0 Å². The Bertz CT molecular complexity index is 795. The van der Waals surface area contributed by atoms with Crippen molar-refractivity contribution in [3.8, 4) is 0 Å². The number of carbonyl (C=O) groups excluding carboxylic acids is 3. The van der Waals surface area contributed by atoms with Crippen LogP contribution in [0.15, 0.2) is 36.4 Å². The van der Waals surface area contributed by atoms with Crippen LogP contribution < -0.4 is 10.2 Å². The largest absolute Gasteiger partial charge is 0.376 e. The Morgan fingerprint density at radius 2 is 1.74 bits per heavy atom. The van der Waals surface area contributed by atoms with Crippen molar-refractivity contribution >= 4 is 23.4 Å². The van der Waals surface area contributed by atoms with Crippen molar-refractivity contribution in [3.63, 3.8) is 0 Å². The Balaban J connectivity index is 1.28. The molecule has 5 atom stereocenters. The molecule has 2 bridgehead atoms. The number of hydrogen-bond acceptors (Lipinski definition) is 4. The minimum atomic E-state index is -0.207. The first kappa shape index (κ1) is 16.7. The van der Waals surface area contributed by atoms with Gasteiger partial charge in [-0.1, -0.05) is 12.2 Å². The highest BCUT2D eigenvalue weighted by molar-refractivity contribution is 6.22. The molecule has 0 spiro atoms. The Kier molecular flexibility index (Phi) is 3.90. The summed E-state index contributed by atoms with van der Waals surface area (Å²) in [5.74, 6) is -0.387. The fraction of sp³-hybridized carbons (Fsp3) is 0.476. The number of nitrogens with zero attached hydrogens (tertiary/aromatic N) is 1. The van der Waals surface area contributed by atoms with Crippen LogP contribution >= 0.6 is 0 Å². The molecule has 1 aromatic rings. The van der Waals surface area contributed by atoms with Gasteiger partial charge in [-0.05, 0) is 55.4 Å². The van der Waals surface area contributed by atoms with E-state index in [1.54, 1.807) is 24.3 Å². The number of carbonyl (C=O) groups is 3. The van der Waals surface area contributed by atoms with E-state index in [2.05, 4.69) is 17.5 Å². The summed E-state index contributed by atoms with van der Waals surface area (Å²) in [7, 11) is 0. The fourth-order valence-electron chi connectivity index (χ4n) is 5.03. The molecule has 3 amide bonds. The molecule has 2 saturated heterocycles. The molecule has 0 aromatic heterocycles. The topological polar surface area (TPSA) is 75.7 Å². The van der Waals surface area contributed by atoms with Crippen molar-refractivity contribution in [2.24, 2.45) is 23.7 Å². The summed E-state index contributed by atoms with van der Waals surface area (Å²) in [5, 5.41) is 2.88. The molecule has 1 saturated carbocycles. The van der Waals surface area contributed by atoms with E-state index < -0.39 is 0 Å². The van der Waals surface area contributed by atoms with Crippen LogP contribution in [0.5, 0.6) is 0 Å². The Morgan fingerprint density at radius 1 is 1.07 bits per heavy atom. The zero-order valence-corrected chi connectivity index (χ0v) is 15.0. The third-order valence-corrected chi connectivity index (χ3v) is 6.37. The number of hydrogen-bond donors (Lipinski definition) is 1. The summed E-state index contributed by atoms with van der Waals surface area (Å²) in [6.45, 7) is 1.26. The molecule has 27 heavy (non-hydrogen) atoms. The van der Waals surface area contributed by atoms with Gasteiger partial charge in [0.05, 0.1) is 23.6 Å². The summed E-state index contributed by atoms with van der Waals surface area (Å²) < 4.78 is 5.51. The van der Waals surface area contributed by atoms with Gasteiger partial charge in [-0.3, -0.25) is 19.3 Å². The van der Waals surface area contributed by atoms with Gasteiger partial charge in [0.2, 0.25) is 11.8 Å². The van der Waals surface area contributed by atoms with E-state index in [4.69, 9.17) is 4.74 Å². The maximum Gasteiger partial charge on any atom is 0.251 e. The number of anilines is 1. The van der Waals surface area contributed by atoms with Crippen LogP contribution in [0.3, 0.4) is 0 Å². The summed E-state index contributed by atoms with van der Waals surface area (Å²) in [6, 6.07) is 6.71. The highest BCUT2D eigenvalue weighted by atomic mass is 16.5. The van der Waals surface area contributed by atoms with Gasteiger partial charge in [-0.25, -0.2) is 0 Å². The summed E-state index contributed by atoms with van der Waals surface area (Å²) in [4.78, 5) is 39.3. The van der Waals surface area contributed by atoms with Gasteiger partial charge < -0.3 is 10.1 Å². The zero-order valence-electron chi connectivity index (χ0n) is 15.0. The lowest BCUT2D eigenvalue weighted by Gasteiger charge is -2.17. The fourth-order valence-corrected chi connectivity index (χ4v) is 5.03. The van der Waals surface area contributed by atoms with E-state index in [0.29, 0.717) is 17.8 Å². The van der Waals surface area contributed by atoms with Crippen LogP contribution in [0, 0.1) is 23.7 Å². The highest BCUT2D eigenvalue weighted by Crippen LogP contribution is 2.53. The number of ether oxygens (including phenoxy) is 1. The predicted octanol–water partition coefficient (Wildman–Crippen LogP) is 1.91. The van der Waals surface area contributed by atoms with Crippen molar-refractivity contribution in [2.75, 3.05) is 18.1 Å². The van der Waals surface area contributed by atoms with Crippen LogP contribution in [0.4, 0.5) is 5.69 Å². The number of nitrogens with one attached hydrogen (secondary N) is 1. The molecule has 2 aliphatic heterocycles. The third kappa shape index (κ3) is 2.62. The molecule has 6 heteroatoms. The van der Waals surface area contributed by atoms with Crippen LogP contribution in [-0.2, 0) is 14.3 Å². The molecule has 2 aliphatic carbocycles. The second-order valence-corrected chi connectivity index (χ2v) is 7.90. The van der Waals surface area contributed by atoms with E-state index in [9.17, 15) is 14.4 Å². The number of benzene rings is 1. The lowest BCUT2D eigenvalue weighted by atomic mass is 9.85. The first-order valence-corrected chi connectivity index (χ1v) is 9.69. The zero-order chi connectivity index (χ0) is 18.5. The van der Waals surface area contributed by atoms with E-state index in [-0.39, 0.29) is 47.5 Å². The van der Waals surface area contributed by atoms with E-state index in [1.165, 1.54) is 4.90 Å². The molecule has 0 unspecified atom stereocenters. The molecule has 0 radical (unpaired) electrons. The molecule has 2 heterocycles. The molecular formula is C21H22N2O4. The van der Waals surface area contributed by atoms with Crippen LogP contribution in [0.1, 0.15) is 29.6 Å². The first-order valence-electron chi connectivity index (χ1n) is 9.69. The van der Waals surface area contributed by atoms with E-state index >= 15 is 0 Å². The monoisotopic (exact) mass is 366 g/mol. The lowest BCUT2D eigenvalue weighted by Crippen LogP contribution is -2.33. The maximum atomic E-state index is 12.8. The highest BCUT2D eigenvalue weighted by Gasteiger charge is 2.59. The Hall–Kier alpha value is -2.47. The molecular weight excluding hydrogens is 344 g/mol. The molecule has 3 fully saturated rings. The molecule has 4 aliphatic rings. The second-order valence-electron chi connectivity index (χ2n) is 7.90. The minimum Gasteiger partial charge on any atom is -0.376 e. The molecule has 5 rings (SSSR count). The second kappa shape index (κ2) is 6.30. The summed E-state index contributed by atoms with van der Waals surface area (Å²) in [5.41, 5.74) is 1.06. The first-order chi connectivity index (χ1) is 13.1. The van der Waals surface area contributed by atoms with Gasteiger partial charge in [0.25, 0.3) is 5.91 Å². The van der Waals surface area contributed by atoms with Gasteiger partial charge in [-0.2, -0.15) is 0 Å². The Morgan fingerprint density at radius 3 is 2.33 bits per heavy atom. The molecule has 140 valence electrons. The summed E-state index contributed by atoms with van der Waals surface area (Å²) >= 11 is 0.